The third kappa shape index (κ3) is 4.04. The monoisotopic (exact) mass is 482 g/mol. The second-order valence-corrected chi connectivity index (χ2v) is 10.5. The zero-order valence-electron chi connectivity index (χ0n) is 19.7. The Bertz CT molecular complexity index is 1100. The molecule has 4 aliphatic rings. The Hall–Kier alpha value is -3.43. The number of anilines is 1. The van der Waals surface area contributed by atoms with Crippen LogP contribution in [-0.4, -0.2) is 70.3 Å². The highest BCUT2D eigenvalue weighted by molar-refractivity contribution is 6.25. The Morgan fingerprint density at radius 1 is 1.14 bits per heavy atom. The van der Waals surface area contributed by atoms with Gasteiger partial charge in [0.25, 0.3) is 11.8 Å². The SMILES string of the molecule is CN(C(=O)O)C1CCC2(CC1)CC(CNc1cccc3c1C(=O)N(C1CCC(=O)NC1=O)C3=O)C2. The first-order valence-electron chi connectivity index (χ1n) is 12.2. The summed E-state index contributed by atoms with van der Waals surface area (Å²) in [5.74, 6) is -1.58. The molecule has 5 rings (SSSR count). The lowest BCUT2D eigenvalue weighted by molar-refractivity contribution is -0.136. The molecule has 1 spiro atoms. The van der Waals surface area contributed by atoms with Crippen LogP contribution in [0.4, 0.5) is 10.5 Å². The molecule has 2 heterocycles. The van der Waals surface area contributed by atoms with Gasteiger partial charge in [-0.1, -0.05) is 6.07 Å². The van der Waals surface area contributed by atoms with Crippen LogP contribution in [0.25, 0.3) is 0 Å². The van der Waals surface area contributed by atoms with E-state index < -0.39 is 35.8 Å². The summed E-state index contributed by atoms with van der Waals surface area (Å²) in [7, 11) is 1.64. The lowest BCUT2D eigenvalue weighted by Gasteiger charge is -2.52. The van der Waals surface area contributed by atoms with Gasteiger partial charge in [0.15, 0.2) is 0 Å². The largest absolute Gasteiger partial charge is 0.465 e. The number of benzene rings is 1. The van der Waals surface area contributed by atoms with Crippen molar-refractivity contribution in [1.29, 1.82) is 0 Å². The summed E-state index contributed by atoms with van der Waals surface area (Å²) in [4.78, 5) is 63.6. The van der Waals surface area contributed by atoms with Crippen LogP contribution in [0.2, 0.25) is 0 Å². The molecule has 2 aliphatic heterocycles. The van der Waals surface area contributed by atoms with Gasteiger partial charge in [-0.15, -0.1) is 0 Å². The van der Waals surface area contributed by atoms with Gasteiger partial charge in [0, 0.05) is 31.7 Å². The van der Waals surface area contributed by atoms with E-state index in [4.69, 9.17) is 0 Å². The van der Waals surface area contributed by atoms with Gasteiger partial charge in [-0.25, -0.2) is 4.79 Å². The van der Waals surface area contributed by atoms with Crippen LogP contribution in [0.3, 0.4) is 0 Å². The maximum atomic E-state index is 13.2. The van der Waals surface area contributed by atoms with Gasteiger partial charge < -0.3 is 15.3 Å². The van der Waals surface area contributed by atoms with Gasteiger partial charge in [0.1, 0.15) is 6.04 Å². The molecule has 1 atom stereocenters. The lowest BCUT2D eigenvalue weighted by Crippen LogP contribution is -2.54. The number of amides is 5. The van der Waals surface area contributed by atoms with E-state index in [2.05, 4.69) is 10.6 Å². The number of hydrogen-bond donors (Lipinski definition) is 3. The summed E-state index contributed by atoms with van der Waals surface area (Å²) < 4.78 is 0. The van der Waals surface area contributed by atoms with Crippen molar-refractivity contribution in [3.8, 4) is 0 Å². The predicted octanol–water partition coefficient (Wildman–Crippen LogP) is 2.45. The van der Waals surface area contributed by atoms with Crippen LogP contribution >= 0.6 is 0 Å². The Kier molecular flexibility index (Phi) is 5.77. The fourth-order valence-corrected chi connectivity index (χ4v) is 6.39. The Balaban J connectivity index is 1.20. The highest BCUT2D eigenvalue weighted by atomic mass is 16.4. The molecule has 3 fully saturated rings. The summed E-state index contributed by atoms with van der Waals surface area (Å²) in [5.41, 5.74) is 1.43. The number of nitrogens with one attached hydrogen (secondary N) is 2. The van der Waals surface area contributed by atoms with Crippen LogP contribution in [0.15, 0.2) is 18.2 Å². The molecule has 1 aromatic rings. The van der Waals surface area contributed by atoms with Crippen molar-refractivity contribution in [3.05, 3.63) is 29.3 Å². The van der Waals surface area contributed by atoms with E-state index in [1.54, 1.807) is 25.2 Å². The molecule has 1 aromatic carbocycles. The molecule has 3 N–H and O–H groups in total. The number of piperidine rings is 1. The van der Waals surface area contributed by atoms with Gasteiger partial charge in [0.2, 0.25) is 11.8 Å². The number of carbonyl (C=O) groups is 5. The quantitative estimate of drug-likeness (QED) is 0.549. The number of carbonyl (C=O) groups excluding carboxylic acids is 4. The second kappa shape index (κ2) is 8.66. The molecule has 10 heteroatoms. The number of hydrogen-bond acceptors (Lipinski definition) is 6. The highest BCUT2D eigenvalue weighted by Crippen LogP contribution is 2.55. The smallest absolute Gasteiger partial charge is 0.407 e. The molecule has 1 saturated heterocycles. The van der Waals surface area contributed by atoms with E-state index in [0.717, 1.165) is 43.4 Å². The van der Waals surface area contributed by atoms with Crippen molar-refractivity contribution in [1.82, 2.24) is 15.1 Å². The average molecular weight is 483 g/mol. The first-order chi connectivity index (χ1) is 16.7. The standard InChI is InChI=1S/C25H30N4O6/c1-28(24(34)35)15-7-9-25(10-8-15)11-14(12-25)13-26-17-4-2-3-16-20(17)23(33)29(22(16)32)18-5-6-19(30)27-21(18)31/h2-4,14-15,18,26H,5-13H2,1H3,(H,34,35)(H,27,30,31). The molecule has 0 bridgehead atoms. The Morgan fingerprint density at radius 3 is 2.51 bits per heavy atom. The minimum absolute atomic E-state index is 0.0890. The fraction of sp³-hybridized carbons (Fsp3) is 0.560. The molecular formula is C25H30N4O6. The summed E-state index contributed by atoms with van der Waals surface area (Å²) in [6.45, 7) is 0.677. The zero-order valence-corrected chi connectivity index (χ0v) is 19.7. The van der Waals surface area contributed by atoms with Gasteiger partial charge in [-0.2, -0.15) is 0 Å². The normalized spacial score (nSPS) is 30.1. The summed E-state index contributed by atoms with van der Waals surface area (Å²) in [6, 6.07) is 4.22. The van der Waals surface area contributed by atoms with E-state index in [9.17, 15) is 29.1 Å². The van der Waals surface area contributed by atoms with Crippen molar-refractivity contribution in [3.63, 3.8) is 0 Å². The lowest BCUT2D eigenvalue weighted by atomic mass is 9.55. The maximum Gasteiger partial charge on any atom is 0.407 e. The van der Waals surface area contributed by atoms with E-state index in [0.29, 0.717) is 18.2 Å². The minimum atomic E-state index is -0.977. The fourth-order valence-electron chi connectivity index (χ4n) is 6.39. The third-order valence-electron chi connectivity index (χ3n) is 8.36. The van der Waals surface area contributed by atoms with Crippen molar-refractivity contribution >= 4 is 35.4 Å². The van der Waals surface area contributed by atoms with E-state index in [1.165, 1.54) is 4.90 Å². The van der Waals surface area contributed by atoms with Crippen LogP contribution < -0.4 is 10.6 Å². The van der Waals surface area contributed by atoms with Gasteiger partial charge in [-0.3, -0.25) is 29.4 Å². The maximum absolute atomic E-state index is 13.2. The summed E-state index contributed by atoms with van der Waals surface area (Å²) >= 11 is 0. The molecule has 0 radical (unpaired) electrons. The molecule has 1 unspecified atom stereocenters. The molecular weight excluding hydrogens is 452 g/mol. The number of nitrogens with zero attached hydrogens (tertiary/aromatic N) is 2. The first-order valence-corrected chi connectivity index (χ1v) is 12.2. The number of rotatable bonds is 5. The molecule has 2 saturated carbocycles. The Labute approximate surface area is 203 Å². The molecule has 5 amide bonds. The van der Waals surface area contributed by atoms with Crippen molar-refractivity contribution in [2.45, 2.75) is 63.5 Å². The van der Waals surface area contributed by atoms with Crippen molar-refractivity contribution in [2.24, 2.45) is 11.3 Å². The zero-order chi connectivity index (χ0) is 24.9. The molecule has 0 aromatic heterocycles. The van der Waals surface area contributed by atoms with Gasteiger partial charge >= 0.3 is 6.09 Å². The Morgan fingerprint density at radius 2 is 1.86 bits per heavy atom. The predicted molar refractivity (Wildman–Crippen MR) is 125 cm³/mol. The van der Waals surface area contributed by atoms with Crippen LogP contribution in [0.5, 0.6) is 0 Å². The van der Waals surface area contributed by atoms with E-state index in [1.807, 2.05) is 0 Å². The third-order valence-corrected chi connectivity index (χ3v) is 8.36. The van der Waals surface area contributed by atoms with Crippen LogP contribution in [0, 0.1) is 11.3 Å². The van der Waals surface area contributed by atoms with Crippen LogP contribution in [-0.2, 0) is 9.59 Å². The molecule has 35 heavy (non-hydrogen) atoms. The number of carboxylic acid groups (broad SMARTS) is 1. The molecule has 2 aliphatic carbocycles. The van der Waals surface area contributed by atoms with Gasteiger partial charge in [0.05, 0.1) is 11.1 Å². The molecule has 186 valence electrons. The second-order valence-electron chi connectivity index (χ2n) is 10.5. The molecule has 10 nitrogen and oxygen atoms in total. The topological polar surface area (TPSA) is 136 Å². The average Bonchev–Trinajstić information content (AvgIpc) is 3.06. The van der Waals surface area contributed by atoms with Gasteiger partial charge in [-0.05, 0) is 68.4 Å². The summed E-state index contributed by atoms with van der Waals surface area (Å²) in [5, 5.41) is 14.8. The minimum Gasteiger partial charge on any atom is -0.465 e. The van der Waals surface area contributed by atoms with E-state index in [-0.39, 0.29) is 35.4 Å². The van der Waals surface area contributed by atoms with Crippen molar-refractivity contribution < 1.29 is 29.1 Å². The number of fused-ring (bicyclic) bond motifs is 1. The van der Waals surface area contributed by atoms with Crippen molar-refractivity contribution in [2.75, 3.05) is 18.9 Å². The highest BCUT2D eigenvalue weighted by Gasteiger charge is 2.48. The summed E-state index contributed by atoms with van der Waals surface area (Å²) in [6.07, 6.45) is 5.31. The van der Waals surface area contributed by atoms with E-state index >= 15 is 0 Å². The first kappa shape index (κ1) is 23.3. The number of imide groups is 2. The van der Waals surface area contributed by atoms with Crippen LogP contribution in [0.1, 0.15) is 72.1 Å².